The number of rotatable bonds is 1. The van der Waals surface area contributed by atoms with Crippen LogP contribution in [0.1, 0.15) is 12.8 Å². The van der Waals surface area contributed by atoms with Crippen LogP contribution in [0.2, 0.25) is 0 Å². The average Bonchev–Trinajstić information content (AvgIpc) is 2.51. The molecule has 2 aliphatic rings. The first-order valence-electron chi connectivity index (χ1n) is 4.46. The predicted molar refractivity (Wildman–Crippen MR) is 44.2 cm³/mol. The van der Waals surface area contributed by atoms with Crippen LogP contribution in [0.25, 0.3) is 0 Å². The largest absolute Gasteiger partial charge is 0.480 e. The van der Waals surface area contributed by atoms with E-state index in [9.17, 15) is 9.59 Å². The van der Waals surface area contributed by atoms with Gasteiger partial charge in [-0.05, 0) is 19.4 Å². The number of carboxylic acid groups (broad SMARTS) is 1. The first-order valence-corrected chi connectivity index (χ1v) is 4.46. The summed E-state index contributed by atoms with van der Waals surface area (Å²) >= 11 is 0. The quantitative estimate of drug-likeness (QED) is 0.550. The Morgan fingerprint density at radius 2 is 2.38 bits per heavy atom. The van der Waals surface area contributed by atoms with Gasteiger partial charge < -0.3 is 10.4 Å². The van der Waals surface area contributed by atoms with Crippen molar-refractivity contribution in [3.63, 3.8) is 0 Å². The summed E-state index contributed by atoms with van der Waals surface area (Å²) in [5.74, 6) is -1.07. The van der Waals surface area contributed by atoms with Gasteiger partial charge in [0, 0.05) is 6.54 Å². The molecule has 5 heteroatoms. The normalized spacial score (nSPS) is 34.0. The highest BCUT2D eigenvalue weighted by Gasteiger charge is 2.39. The van der Waals surface area contributed by atoms with Crippen LogP contribution in [-0.2, 0) is 9.59 Å². The maximum atomic E-state index is 11.4. The molecule has 2 N–H and O–H groups in total. The van der Waals surface area contributed by atoms with E-state index in [1.54, 1.807) is 0 Å². The third-order valence-corrected chi connectivity index (χ3v) is 2.70. The third kappa shape index (κ3) is 1.39. The van der Waals surface area contributed by atoms with Crippen LogP contribution in [0.3, 0.4) is 0 Å². The van der Waals surface area contributed by atoms with Gasteiger partial charge in [0.15, 0.2) is 0 Å². The van der Waals surface area contributed by atoms with Crippen LogP contribution in [-0.4, -0.2) is 47.1 Å². The second kappa shape index (κ2) is 2.99. The van der Waals surface area contributed by atoms with Crippen LogP contribution in [0.5, 0.6) is 0 Å². The summed E-state index contributed by atoms with van der Waals surface area (Å²) in [5.41, 5.74) is 0. The zero-order valence-corrected chi connectivity index (χ0v) is 7.19. The number of hydrogen-bond donors (Lipinski definition) is 2. The van der Waals surface area contributed by atoms with E-state index >= 15 is 0 Å². The molecular weight excluding hydrogens is 172 g/mol. The first-order chi connectivity index (χ1) is 6.18. The van der Waals surface area contributed by atoms with Crippen molar-refractivity contribution < 1.29 is 14.7 Å². The Hall–Kier alpha value is -1.10. The average molecular weight is 184 g/mol. The SMILES string of the molecule is O=C(O)C1CN2CCCC2C(=O)N1. The van der Waals surface area contributed by atoms with E-state index in [0.717, 1.165) is 19.4 Å². The smallest absolute Gasteiger partial charge is 0.327 e. The molecule has 2 fully saturated rings. The van der Waals surface area contributed by atoms with Gasteiger partial charge in [-0.15, -0.1) is 0 Å². The number of piperazine rings is 1. The van der Waals surface area contributed by atoms with Crippen molar-refractivity contribution in [1.82, 2.24) is 10.2 Å². The highest BCUT2D eigenvalue weighted by molar-refractivity contribution is 5.88. The van der Waals surface area contributed by atoms with Gasteiger partial charge in [-0.1, -0.05) is 0 Å². The summed E-state index contributed by atoms with van der Waals surface area (Å²) in [6.07, 6.45) is 1.85. The van der Waals surface area contributed by atoms with Crippen LogP contribution >= 0.6 is 0 Å². The summed E-state index contributed by atoms with van der Waals surface area (Å²) in [6.45, 7) is 1.30. The maximum Gasteiger partial charge on any atom is 0.327 e. The fourth-order valence-electron chi connectivity index (χ4n) is 2.03. The number of carbonyl (C=O) groups excluding carboxylic acids is 1. The molecule has 5 nitrogen and oxygen atoms in total. The number of amides is 1. The molecule has 0 radical (unpaired) electrons. The Bertz CT molecular complexity index is 254. The van der Waals surface area contributed by atoms with Gasteiger partial charge in [0.2, 0.25) is 5.91 Å². The Balaban J connectivity index is 2.09. The van der Waals surface area contributed by atoms with Gasteiger partial charge in [-0.3, -0.25) is 9.69 Å². The zero-order chi connectivity index (χ0) is 9.42. The number of carboxylic acids is 1. The number of fused-ring (bicyclic) bond motifs is 1. The molecule has 2 unspecified atom stereocenters. The molecule has 0 aliphatic carbocycles. The second-order valence-corrected chi connectivity index (χ2v) is 3.55. The van der Waals surface area contributed by atoms with Gasteiger partial charge in [0.05, 0.1) is 6.04 Å². The molecule has 1 amide bonds. The molecule has 2 heterocycles. The number of carbonyl (C=O) groups is 2. The number of nitrogens with one attached hydrogen (secondary N) is 1. The number of nitrogens with zero attached hydrogens (tertiary/aromatic N) is 1. The topological polar surface area (TPSA) is 69.6 Å². The fraction of sp³-hybridized carbons (Fsp3) is 0.750. The Kier molecular flexibility index (Phi) is 1.95. The van der Waals surface area contributed by atoms with E-state index in [1.807, 2.05) is 4.90 Å². The minimum atomic E-state index is -0.946. The van der Waals surface area contributed by atoms with Crippen LogP contribution in [0, 0.1) is 0 Å². The van der Waals surface area contributed by atoms with Crippen LogP contribution < -0.4 is 5.32 Å². The molecule has 2 aliphatic heterocycles. The van der Waals surface area contributed by atoms with Crippen molar-refractivity contribution in [1.29, 1.82) is 0 Å². The van der Waals surface area contributed by atoms with E-state index in [4.69, 9.17) is 5.11 Å². The van der Waals surface area contributed by atoms with Crippen molar-refractivity contribution in [2.24, 2.45) is 0 Å². The van der Waals surface area contributed by atoms with E-state index in [2.05, 4.69) is 5.32 Å². The van der Waals surface area contributed by atoms with Gasteiger partial charge in [0.1, 0.15) is 6.04 Å². The molecule has 0 aromatic carbocycles. The molecule has 0 spiro atoms. The molecule has 0 aromatic rings. The lowest BCUT2D eigenvalue weighted by Gasteiger charge is -2.32. The molecule has 72 valence electrons. The highest BCUT2D eigenvalue weighted by atomic mass is 16.4. The Morgan fingerprint density at radius 1 is 1.62 bits per heavy atom. The van der Waals surface area contributed by atoms with Gasteiger partial charge >= 0.3 is 5.97 Å². The molecular formula is C8H12N2O3. The molecule has 2 atom stereocenters. The lowest BCUT2D eigenvalue weighted by Crippen LogP contribution is -2.60. The molecule has 13 heavy (non-hydrogen) atoms. The highest BCUT2D eigenvalue weighted by Crippen LogP contribution is 2.20. The summed E-state index contributed by atoms with van der Waals surface area (Å²) in [4.78, 5) is 24.0. The summed E-state index contributed by atoms with van der Waals surface area (Å²) < 4.78 is 0. The van der Waals surface area contributed by atoms with Crippen molar-refractivity contribution >= 4 is 11.9 Å². The fourth-order valence-corrected chi connectivity index (χ4v) is 2.03. The lowest BCUT2D eigenvalue weighted by atomic mass is 10.1. The standard InChI is InChI=1S/C8H12N2O3/c11-7-6-2-1-3-10(6)4-5(9-7)8(12)13/h5-6H,1-4H2,(H,9,11)(H,12,13). The molecule has 2 rings (SSSR count). The molecule has 0 aromatic heterocycles. The van der Waals surface area contributed by atoms with E-state index in [0.29, 0.717) is 6.54 Å². The Labute approximate surface area is 75.7 Å². The second-order valence-electron chi connectivity index (χ2n) is 3.55. The van der Waals surface area contributed by atoms with Crippen molar-refractivity contribution in [3.8, 4) is 0 Å². The third-order valence-electron chi connectivity index (χ3n) is 2.70. The van der Waals surface area contributed by atoms with Crippen LogP contribution in [0.4, 0.5) is 0 Å². The van der Waals surface area contributed by atoms with E-state index in [1.165, 1.54) is 0 Å². The Morgan fingerprint density at radius 3 is 3.08 bits per heavy atom. The molecule has 0 saturated carbocycles. The van der Waals surface area contributed by atoms with Gasteiger partial charge in [-0.2, -0.15) is 0 Å². The first kappa shape index (κ1) is 8.50. The summed E-state index contributed by atoms with van der Waals surface area (Å²) in [5, 5.41) is 11.2. The molecule has 2 saturated heterocycles. The minimum absolute atomic E-state index is 0.0735. The van der Waals surface area contributed by atoms with E-state index in [-0.39, 0.29) is 11.9 Å². The monoisotopic (exact) mass is 184 g/mol. The summed E-state index contributed by atoms with van der Waals surface area (Å²) in [7, 11) is 0. The number of aliphatic carboxylic acids is 1. The zero-order valence-electron chi connectivity index (χ0n) is 7.19. The maximum absolute atomic E-state index is 11.4. The predicted octanol–water partition coefficient (Wildman–Crippen LogP) is -0.966. The van der Waals surface area contributed by atoms with Crippen molar-refractivity contribution in [2.75, 3.05) is 13.1 Å². The summed E-state index contributed by atoms with van der Waals surface area (Å²) in [6, 6.07) is -0.794. The van der Waals surface area contributed by atoms with E-state index < -0.39 is 12.0 Å². The van der Waals surface area contributed by atoms with Crippen molar-refractivity contribution in [3.05, 3.63) is 0 Å². The van der Waals surface area contributed by atoms with Crippen molar-refractivity contribution in [2.45, 2.75) is 24.9 Å². The van der Waals surface area contributed by atoms with Gasteiger partial charge in [0.25, 0.3) is 0 Å². The van der Waals surface area contributed by atoms with Gasteiger partial charge in [-0.25, -0.2) is 4.79 Å². The van der Waals surface area contributed by atoms with Crippen LogP contribution in [0.15, 0.2) is 0 Å². The number of hydrogen-bond acceptors (Lipinski definition) is 3. The lowest BCUT2D eigenvalue weighted by molar-refractivity contribution is -0.146. The molecule has 0 bridgehead atoms. The minimum Gasteiger partial charge on any atom is -0.480 e.